The van der Waals surface area contributed by atoms with Gasteiger partial charge in [-0.15, -0.1) is 12.4 Å². The van der Waals surface area contributed by atoms with Crippen LogP contribution in [-0.4, -0.2) is 49.5 Å². The fraction of sp³-hybridized carbons (Fsp3) is 0.529. The van der Waals surface area contributed by atoms with Crippen molar-refractivity contribution in [3.8, 4) is 5.75 Å². The van der Waals surface area contributed by atoms with Gasteiger partial charge in [-0.05, 0) is 49.9 Å². The average Bonchev–Trinajstić information content (AvgIpc) is 2.92. The molecule has 0 bridgehead atoms. The summed E-state index contributed by atoms with van der Waals surface area (Å²) in [5.74, 6) is 1.70. The van der Waals surface area contributed by atoms with E-state index in [-0.39, 0.29) is 30.8 Å². The Balaban J connectivity index is 0.00000169. The molecular formula is C17H22ClN3O3. The van der Waals surface area contributed by atoms with Gasteiger partial charge in [-0.2, -0.15) is 0 Å². The lowest BCUT2D eigenvalue weighted by Gasteiger charge is -2.25. The van der Waals surface area contributed by atoms with E-state index in [1.807, 2.05) is 4.90 Å². The van der Waals surface area contributed by atoms with E-state index in [0.717, 1.165) is 39.0 Å². The number of carbonyl (C=O) groups excluding carboxylic acids is 2. The number of rotatable bonds is 1. The molecule has 0 radical (unpaired) electrons. The minimum Gasteiger partial charge on any atom is -0.481 e. The molecule has 2 saturated heterocycles. The smallest absolute Gasteiger partial charge is 0.262 e. The summed E-state index contributed by atoms with van der Waals surface area (Å²) in [6.45, 7) is 3.69. The van der Waals surface area contributed by atoms with Gasteiger partial charge >= 0.3 is 0 Å². The molecule has 3 aliphatic heterocycles. The molecule has 0 saturated carbocycles. The van der Waals surface area contributed by atoms with Crippen LogP contribution in [0.4, 0.5) is 5.69 Å². The second-order valence-corrected chi connectivity index (χ2v) is 6.57. The molecule has 0 aromatic heterocycles. The van der Waals surface area contributed by atoms with Crippen molar-refractivity contribution < 1.29 is 14.3 Å². The highest BCUT2D eigenvalue weighted by Crippen LogP contribution is 2.33. The minimum atomic E-state index is -0.183. The maximum atomic E-state index is 12.9. The zero-order chi connectivity index (χ0) is 15.8. The van der Waals surface area contributed by atoms with Crippen LogP contribution in [0.15, 0.2) is 18.2 Å². The third-order valence-electron chi connectivity index (χ3n) is 5.17. The number of hydrogen-bond acceptors (Lipinski definition) is 4. The molecule has 24 heavy (non-hydrogen) atoms. The molecule has 6 nitrogen and oxygen atoms in total. The number of anilines is 1. The molecule has 2 fully saturated rings. The first kappa shape index (κ1) is 17.0. The van der Waals surface area contributed by atoms with Crippen LogP contribution in [0.2, 0.25) is 0 Å². The molecule has 130 valence electrons. The van der Waals surface area contributed by atoms with Crippen LogP contribution in [0.1, 0.15) is 23.2 Å². The van der Waals surface area contributed by atoms with E-state index in [4.69, 9.17) is 4.74 Å². The Morgan fingerprint density at radius 2 is 1.88 bits per heavy atom. The summed E-state index contributed by atoms with van der Waals surface area (Å²) in [6, 6.07) is 5.34. The van der Waals surface area contributed by atoms with Crippen LogP contribution in [0.25, 0.3) is 0 Å². The number of fused-ring (bicyclic) bond motifs is 2. The van der Waals surface area contributed by atoms with Gasteiger partial charge in [0.05, 0.1) is 11.3 Å². The van der Waals surface area contributed by atoms with E-state index in [2.05, 4.69) is 10.6 Å². The van der Waals surface area contributed by atoms with Crippen LogP contribution in [0.5, 0.6) is 5.75 Å². The van der Waals surface area contributed by atoms with Crippen LogP contribution in [-0.2, 0) is 4.79 Å². The molecule has 0 unspecified atom stereocenters. The summed E-state index contributed by atoms with van der Waals surface area (Å²) in [5.41, 5.74) is 1.13. The molecule has 3 aliphatic rings. The third-order valence-corrected chi connectivity index (χ3v) is 5.17. The predicted octanol–water partition coefficient (Wildman–Crippen LogP) is 1.51. The van der Waals surface area contributed by atoms with Crippen molar-refractivity contribution in [2.45, 2.75) is 12.8 Å². The Morgan fingerprint density at radius 3 is 2.58 bits per heavy atom. The van der Waals surface area contributed by atoms with Gasteiger partial charge in [-0.3, -0.25) is 9.59 Å². The molecule has 3 heterocycles. The summed E-state index contributed by atoms with van der Waals surface area (Å²) in [5, 5.41) is 6.21. The summed E-state index contributed by atoms with van der Waals surface area (Å²) >= 11 is 0. The molecule has 0 aliphatic carbocycles. The van der Waals surface area contributed by atoms with Gasteiger partial charge in [-0.1, -0.05) is 6.07 Å². The number of para-hydroxylation sites is 1. The number of carbonyl (C=O) groups is 2. The number of ether oxygens (including phenoxy) is 1. The number of halogens is 1. The number of nitrogens with zero attached hydrogens (tertiary/aromatic N) is 1. The largest absolute Gasteiger partial charge is 0.481 e. The second-order valence-electron chi connectivity index (χ2n) is 6.57. The van der Waals surface area contributed by atoms with Crippen LogP contribution >= 0.6 is 12.4 Å². The molecule has 2 amide bonds. The quantitative estimate of drug-likeness (QED) is 0.804. The zero-order valence-corrected chi connectivity index (χ0v) is 14.2. The van der Waals surface area contributed by atoms with Gasteiger partial charge in [0.15, 0.2) is 12.4 Å². The first-order chi connectivity index (χ1) is 11.2. The summed E-state index contributed by atoms with van der Waals surface area (Å²) in [6.07, 6.45) is 2.10. The number of amides is 2. The van der Waals surface area contributed by atoms with Crippen LogP contribution in [0.3, 0.4) is 0 Å². The Hall–Kier alpha value is -1.79. The van der Waals surface area contributed by atoms with Gasteiger partial charge in [-0.25, -0.2) is 0 Å². The van der Waals surface area contributed by atoms with E-state index >= 15 is 0 Å². The van der Waals surface area contributed by atoms with E-state index in [1.54, 1.807) is 18.2 Å². The first-order valence-electron chi connectivity index (χ1n) is 8.28. The molecule has 1 aromatic rings. The first-order valence-corrected chi connectivity index (χ1v) is 8.28. The molecule has 7 heteroatoms. The normalized spacial score (nSPS) is 25.5. The predicted molar refractivity (Wildman–Crippen MR) is 92.8 cm³/mol. The lowest BCUT2D eigenvalue weighted by atomic mass is 9.92. The topological polar surface area (TPSA) is 70.7 Å². The van der Waals surface area contributed by atoms with Gasteiger partial charge < -0.3 is 20.3 Å². The van der Waals surface area contributed by atoms with Crippen molar-refractivity contribution in [1.82, 2.24) is 10.2 Å². The fourth-order valence-corrected chi connectivity index (χ4v) is 3.87. The van der Waals surface area contributed by atoms with Crippen molar-refractivity contribution in [2.24, 2.45) is 11.8 Å². The minimum absolute atomic E-state index is 0. The van der Waals surface area contributed by atoms with Crippen molar-refractivity contribution >= 4 is 29.9 Å². The summed E-state index contributed by atoms with van der Waals surface area (Å²) in [4.78, 5) is 26.3. The van der Waals surface area contributed by atoms with E-state index < -0.39 is 0 Å². The van der Waals surface area contributed by atoms with Gasteiger partial charge in [0, 0.05) is 13.1 Å². The molecular weight excluding hydrogens is 330 g/mol. The van der Waals surface area contributed by atoms with E-state index in [9.17, 15) is 9.59 Å². The SMILES string of the molecule is Cl.O=C1COc2c(cccc2C(=O)N2CC[C@@H]3CNC[C@@H]3CC2)N1. The lowest BCUT2D eigenvalue weighted by Crippen LogP contribution is -2.34. The lowest BCUT2D eigenvalue weighted by molar-refractivity contribution is -0.118. The molecule has 0 spiro atoms. The number of hydrogen-bond donors (Lipinski definition) is 2. The molecule has 2 atom stereocenters. The Kier molecular flexibility index (Phi) is 4.96. The zero-order valence-electron chi connectivity index (χ0n) is 13.4. The van der Waals surface area contributed by atoms with E-state index in [0.29, 0.717) is 28.8 Å². The Bertz CT molecular complexity index is 638. The highest BCUT2D eigenvalue weighted by Gasteiger charge is 2.33. The van der Waals surface area contributed by atoms with Crippen LogP contribution in [0, 0.1) is 11.8 Å². The molecule has 1 aromatic carbocycles. The maximum Gasteiger partial charge on any atom is 0.262 e. The van der Waals surface area contributed by atoms with E-state index in [1.165, 1.54) is 0 Å². The molecule has 2 N–H and O–H groups in total. The summed E-state index contributed by atoms with van der Waals surface area (Å²) in [7, 11) is 0. The van der Waals surface area contributed by atoms with Crippen molar-refractivity contribution in [3.63, 3.8) is 0 Å². The van der Waals surface area contributed by atoms with Gasteiger partial charge in [0.25, 0.3) is 11.8 Å². The van der Waals surface area contributed by atoms with Gasteiger partial charge in [0.1, 0.15) is 0 Å². The second kappa shape index (κ2) is 6.99. The standard InChI is InChI=1S/C17H21N3O3.ClH/c21-15-10-23-16-13(2-1-3-14(16)19-15)17(22)20-6-4-11-8-18-9-12(11)5-7-20;/h1-3,11-12,18H,4-10H2,(H,19,21);1H/t11-,12+;. The summed E-state index contributed by atoms with van der Waals surface area (Å²) < 4.78 is 5.52. The highest BCUT2D eigenvalue weighted by atomic mass is 35.5. The van der Waals surface area contributed by atoms with Gasteiger partial charge in [0.2, 0.25) is 0 Å². The monoisotopic (exact) mass is 351 g/mol. The van der Waals surface area contributed by atoms with Crippen molar-refractivity contribution in [3.05, 3.63) is 23.8 Å². The number of benzene rings is 1. The average molecular weight is 352 g/mol. The van der Waals surface area contributed by atoms with Crippen molar-refractivity contribution in [2.75, 3.05) is 38.1 Å². The number of nitrogens with one attached hydrogen (secondary N) is 2. The third kappa shape index (κ3) is 3.08. The van der Waals surface area contributed by atoms with Crippen molar-refractivity contribution in [1.29, 1.82) is 0 Å². The highest BCUT2D eigenvalue weighted by molar-refractivity contribution is 6.03. The molecule has 4 rings (SSSR count). The maximum absolute atomic E-state index is 12.9. The Morgan fingerprint density at radius 1 is 1.17 bits per heavy atom. The van der Waals surface area contributed by atoms with Crippen LogP contribution < -0.4 is 15.4 Å². The Labute approximate surface area is 147 Å². The number of likely N-dealkylation sites (tertiary alicyclic amines) is 1. The fourth-order valence-electron chi connectivity index (χ4n) is 3.87.